The molecule has 5 rings (SSSR count). The van der Waals surface area contributed by atoms with Crippen molar-refractivity contribution in [3.05, 3.63) is 53.6 Å². The van der Waals surface area contributed by atoms with Crippen LogP contribution in [0.3, 0.4) is 0 Å². The minimum Gasteiger partial charge on any atom is -0.478 e. The Bertz CT molecular complexity index is 892. The van der Waals surface area contributed by atoms with Crippen molar-refractivity contribution in [1.82, 2.24) is 4.90 Å². The third-order valence-electron chi connectivity index (χ3n) is 5.66. The maximum atomic E-state index is 13.0. The Hall–Kier alpha value is -2.73. The molecule has 3 aliphatic heterocycles. The van der Waals surface area contributed by atoms with Gasteiger partial charge in [-0.1, -0.05) is 24.3 Å². The first kappa shape index (κ1) is 17.4. The lowest BCUT2D eigenvalue weighted by atomic mass is 9.89. The summed E-state index contributed by atoms with van der Waals surface area (Å²) in [5.41, 5.74) is 2.00. The number of β-lactam (4-membered cyclic amide) rings is 1. The zero-order chi connectivity index (χ0) is 19.1. The van der Waals surface area contributed by atoms with Crippen molar-refractivity contribution in [2.75, 3.05) is 19.9 Å². The van der Waals surface area contributed by atoms with Crippen LogP contribution in [0.5, 0.6) is 17.2 Å². The van der Waals surface area contributed by atoms with Gasteiger partial charge in [-0.3, -0.25) is 4.79 Å². The fraction of sp³-hybridized carbons (Fsp3) is 0.409. The van der Waals surface area contributed by atoms with Gasteiger partial charge in [-0.15, -0.1) is 0 Å². The van der Waals surface area contributed by atoms with E-state index in [4.69, 9.17) is 18.9 Å². The molecule has 0 N–H and O–H groups in total. The van der Waals surface area contributed by atoms with Crippen molar-refractivity contribution in [1.29, 1.82) is 0 Å². The number of ether oxygens (including phenoxy) is 4. The number of carbonyl (C=O) groups is 1. The molecule has 0 aromatic heterocycles. The molecular formula is C22H23NO5. The second-order valence-electron chi connectivity index (χ2n) is 7.49. The maximum absolute atomic E-state index is 13.0. The Kier molecular flexibility index (Phi) is 4.36. The van der Waals surface area contributed by atoms with Gasteiger partial charge >= 0.3 is 0 Å². The first-order chi connectivity index (χ1) is 13.7. The van der Waals surface area contributed by atoms with Crippen LogP contribution < -0.4 is 14.2 Å². The monoisotopic (exact) mass is 381 g/mol. The molecule has 2 saturated heterocycles. The highest BCUT2D eigenvalue weighted by Crippen LogP contribution is 2.42. The predicted octanol–water partition coefficient (Wildman–Crippen LogP) is 3.23. The van der Waals surface area contributed by atoms with E-state index in [1.54, 1.807) is 0 Å². The van der Waals surface area contributed by atoms with E-state index in [2.05, 4.69) is 0 Å². The largest absolute Gasteiger partial charge is 0.478 e. The zero-order valence-corrected chi connectivity index (χ0v) is 15.8. The number of para-hydroxylation sites is 1. The predicted molar refractivity (Wildman–Crippen MR) is 102 cm³/mol. The fourth-order valence-corrected chi connectivity index (χ4v) is 4.12. The molecule has 0 unspecified atom stereocenters. The normalized spacial score (nSPS) is 25.7. The summed E-state index contributed by atoms with van der Waals surface area (Å²) in [5, 5.41) is 0. The van der Waals surface area contributed by atoms with Crippen molar-refractivity contribution in [2.45, 2.75) is 38.0 Å². The smallest absolute Gasteiger partial charge is 0.266 e. The highest BCUT2D eigenvalue weighted by molar-refractivity contribution is 5.89. The van der Waals surface area contributed by atoms with Crippen molar-refractivity contribution in [3.8, 4) is 17.2 Å². The Labute approximate surface area is 163 Å². The summed E-state index contributed by atoms with van der Waals surface area (Å²) in [6.45, 7) is 3.57. The van der Waals surface area contributed by atoms with Gasteiger partial charge in [0.15, 0.2) is 11.5 Å². The molecule has 3 atom stereocenters. The van der Waals surface area contributed by atoms with Crippen LogP contribution in [0.4, 0.5) is 0 Å². The van der Waals surface area contributed by atoms with Gasteiger partial charge in [-0.25, -0.2) is 0 Å². The van der Waals surface area contributed by atoms with Gasteiger partial charge < -0.3 is 23.8 Å². The number of aryl methyl sites for hydroxylation is 1. The van der Waals surface area contributed by atoms with E-state index < -0.39 is 6.10 Å². The van der Waals surface area contributed by atoms with E-state index in [0.717, 1.165) is 42.1 Å². The van der Waals surface area contributed by atoms with Crippen molar-refractivity contribution in [2.24, 2.45) is 0 Å². The van der Waals surface area contributed by atoms with Crippen LogP contribution in [0.25, 0.3) is 0 Å². The summed E-state index contributed by atoms with van der Waals surface area (Å²) in [5.74, 6) is 2.18. The van der Waals surface area contributed by atoms with Crippen LogP contribution in [0.2, 0.25) is 0 Å². The molecule has 3 aliphatic rings. The SMILES string of the molecule is Cc1ccccc1O[C@H]1C(=O)N(C[C@@H]2CCCO2)[C@H]1c1ccc2c(c1)OCO2. The highest BCUT2D eigenvalue weighted by Gasteiger charge is 2.51. The Morgan fingerprint density at radius 2 is 2.00 bits per heavy atom. The number of hydrogen-bond acceptors (Lipinski definition) is 5. The van der Waals surface area contributed by atoms with Gasteiger partial charge in [-0.2, -0.15) is 0 Å². The summed E-state index contributed by atoms with van der Waals surface area (Å²) in [7, 11) is 0. The number of hydrogen-bond donors (Lipinski definition) is 0. The van der Waals surface area contributed by atoms with E-state index in [0.29, 0.717) is 12.3 Å². The van der Waals surface area contributed by atoms with Gasteiger partial charge in [0.2, 0.25) is 12.9 Å². The van der Waals surface area contributed by atoms with Crippen molar-refractivity contribution < 1.29 is 23.7 Å². The molecule has 2 aromatic carbocycles. The summed E-state index contributed by atoms with van der Waals surface area (Å²) in [6.07, 6.45) is 1.58. The second kappa shape index (κ2) is 7.02. The standard InChI is InChI=1S/C22H23NO5/c1-14-5-2-3-7-17(14)28-21-20(15-8-9-18-19(11-15)27-13-26-18)23(22(21)24)12-16-6-4-10-25-16/h2-3,5,7-9,11,16,20-21H,4,6,10,12-13H2,1H3/t16-,20-,21+/m0/s1. The molecule has 0 bridgehead atoms. The number of benzene rings is 2. The van der Waals surface area contributed by atoms with E-state index in [1.807, 2.05) is 54.3 Å². The minimum absolute atomic E-state index is 0.00131. The molecule has 6 heteroatoms. The Morgan fingerprint density at radius 3 is 2.82 bits per heavy atom. The zero-order valence-electron chi connectivity index (χ0n) is 15.8. The summed E-state index contributed by atoms with van der Waals surface area (Å²) >= 11 is 0. The molecule has 0 spiro atoms. The Balaban J connectivity index is 1.43. The first-order valence-electron chi connectivity index (χ1n) is 9.74. The van der Waals surface area contributed by atoms with Gasteiger partial charge in [0.05, 0.1) is 6.10 Å². The molecule has 6 nitrogen and oxygen atoms in total. The number of rotatable bonds is 5. The van der Waals surface area contributed by atoms with Gasteiger partial charge in [-0.05, 0) is 49.1 Å². The molecule has 1 amide bonds. The number of carbonyl (C=O) groups excluding carboxylic acids is 1. The molecule has 0 saturated carbocycles. The van der Waals surface area contributed by atoms with Gasteiger partial charge in [0, 0.05) is 13.2 Å². The van der Waals surface area contributed by atoms with Crippen LogP contribution in [-0.4, -0.2) is 43.0 Å². The summed E-state index contributed by atoms with van der Waals surface area (Å²) in [4.78, 5) is 14.8. The molecular weight excluding hydrogens is 358 g/mol. The van der Waals surface area contributed by atoms with Crippen molar-refractivity contribution >= 4 is 5.91 Å². The second-order valence-corrected chi connectivity index (χ2v) is 7.49. The van der Waals surface area contributed by atoms with Crippen molar-refractivity contribution in [3.63, 3.8) is 0 Å². The number of nitrogens with zero attached hydrogens (tertiary/aromatic N) is 1. The lowest BCUT2D eigenvalue weighted by molar-refractivity contribution is -0.167. The molecule has 28 heavy (non-hydrogen) atoms. The fourth-order valence-electron chi connectivity index (χ4n) is 4.12. The van der Waals surface area contributed by atoms with E-state index in [1.165, 1.54) is 0 Å². The number of fused-ring (bicyclic) bond motifs is 1. The van der Waals surface area contributed by atoms with Crippen LogP contribution in [0, 0.1) is 6.92 Å². The average Bonchev–Trinajstić information content (AvgIpc) is 3.39. The Morgan fingerprint density at radius 1 is 1.14 bits per heavy atom. The van der Waals surface area contributed by atoms with E-state index in [-0.39, 0.29) is 24.8 Å². The highest BCUT2D eigenvalue weighted by atomic mass is 16.7. The first-order valence-corrected chi connectivity index (χ1v) is 9.74. The summed E-state index contributed by atoms with van der Waals surface area (Å²) < 4.78 is 22.9. The molecule has 146 valence electrons. The van der Waals surface area contributed by atoms with Crippen LogP contribution in [-0.2, 0) is 9.53 Å². The molecule has 0 radical (unpaired) electrons. The van der Waals surface area contributed by atoms with Crippen LogP contribution in [0.15, 0.2) is 42.5 Å². The maximum Gasteiger partial charge on any atom is 0.266 e. The molecule has 3 heterocycles. The molecule has 0 aliphatic carbocycles. The third-order valence-corrected chi connectivity index (χ3v) is 5.66. The van der Waals surface area contributed by atoms with E-state index in [9.17, 15) is 4.79 Å². The quantitative estimate of drug-likeness (QED) is 0.745. The third kappa shape index (κ3) is 2.98. The van der Waals surface area contributed by atoms with E-state index >= 15 is 0 Å². The van der Waals surface area contributed by atoms with Gasteiger partial charge in [0.1, 0.15) is 11.8 Å². The number of amides is 1. The topological polar surface area (TPSA) is 57.2 Å². The van der Waals surface area contributed by atoms with Crippen LogP contribution in [0.1, 0.15) is 30.0 Å². The average molecular weight is 381 g/mol. The lowest BCUT2D eigenvalue weighted by Crippen LogP contribution is -2.62. The minimum atomic E-state index is -0.553. The van der Waals surface area contributed by atoms with Gasteiger partial charge in [0.25, 0.3) is 5.91 Å². The van der Waals surface area contributed by atoms with Crippen LogP contribution >= 0.6 is 0 Å². The molecule has 2 fully saturated rings. The lowest BCUT2D eigenvalue weighted by Gasteiger charge is -2.47. The number of likely N-dealkylation sites (tertiary alicyclic amines) is 1. The molecule has 2 aromatic rings. The summed E-state index contributed by atoms with van der Waals surface area (Å²) in [6, 6.07) is 13.4.